The topological polar surface area (TPSA) is 103 Å². The molecule has 1 atom stereocenters. The number of rotatable bonds is 11. The van der Waals surface area contributed by atoms with Gasteiger partial charge < -0.3 is 23.9 Å². The summed E-state index contributed by atoms with van der Waals surface area (Å²) < 4.78 is 18.7. The van der Waals surface area contributed by atoms with Crippen LogP contribution in [0.2, 0.25) is 0 Å². The maximum atomic E-state index is 11.6. The van der Waals surface area contributed by atoms with Crippen molar-refractivity contribution in [3.05, 3.63) is 47.9 Å². The zero-order valence-electron chi connectivity index (χ0n) is 19.5. The van der Waals surface area contributed by atoms with Crippen molar-refractivity contribution in [2.45, 2.75) is 44.0 Å². The molecule has 1 N–H and O–H groups in total. The lowest BCUT2D eigenvalue weighted by atomic mass is 10.1. The normalized spacial score (nSPS) is 14.7. The molecule has 1 fully saturated rings. The molecule has 10 heteroatoms. The minimum absolute atomic E-state index is 0.0520. The predicted molar refractivity (Wildman–Crippen MR) is 129 cm³/mol. The first-order chi connectivity index (χ1) is 16.5. The third kappa shape index (κ3) is 5.92. The number of ketones is 1. The van der Waals surface area contributed by atoms with E-state index in [0.29, 0.717) is 29.4 Å². The summed E-state index contributed by atoms with van der Waals surface area (Å²) in [4.78, 5) is 13.8. The summed E-state index contributed by atoms with van der Waals surface area (Å²) in [5.41, 5.74) is 0.542. The molecule has 3 heterocycles. The maximum Gasteiger partial charge on any atom is 0.228 e. The van der Waals surface area contributed by atoms with Gasteiger partial charge in [-0.3, -0.25) is 9.36 Å². The number of Topliss-reactive ketones (excluding diaryl/α,β-unsaturated/α-hetero) is 1. The summed E-state index contributed by atoms with van der Waals surface area (Å²) in [5, 5.41) is 20.1. The lowest BCUT2D eigenvalue weighted by molar-refractivity contribution is 0.101. The number of piperidine rings is 1. The van der Waals surface area contributed by atoms with Crippen molar-refractivity contribution in [3.63, 3.8) is 0 Å². The van der Waals surface area contributed by atoms with Gasteiger partial charge in [-0.25, -0.2) is 0 Å². The third-order valence-corrected chi connectivity index (χ3v) is 6.75. The number of hydrogen-bond acceptors (Lipinski definition) is 9. The molecule has 1 aliphatic rings. The van der Waals surface area contributed by atoms with Crippen molar-refractivity contribution in [3.8, 4) is 11.5 Å². The Hall–Kier alpha value is -2.98. The molecule has 34 heavy (non-hydrogen) atoms. The smallest absolute Gasteiger partial charge is 0.228 e. The van der Waals surface area contributed by atoms with Gasteiger partial charge in [-0.05, 0) is 56.5 Å². The van der Waals surface area contributed by atoms with E-state index in [0.717, 1.165) is 42.8 Å². The van der Waals surface area contributed by atoms with Gasteiger partial charge >= 0.3 is 0 Å². The molecule has 0 saturated carbocycles. The van der Waals surface area contributed by atoms with Crippen molar-refractivity contribution >= 4 is 23.5 Å². The summed E-state index contributed by atoms with van der Waals surface area (Å²) in [7, 11) is 1.52. The van der Waals surface area contributed by atoms with E-state index in [1.54, 1.807) is 24.5 Å². The number of aromatic nitrogens is 3. The SMILES string of the molecule is COc1cc(C(C)=O)ccc1OCC(O)CSc1nnc(N2CCCCC2)n1Cc1ccco1. The van der Waals surface area contributed by atoms with Crippen molar-refractivity contribution in [1.29, 1.82) is 0 Å². The molecule has 0 spiro atoms. The molecule has 1 saturated heterocycles. The Morgan fingerprint density at radius 2 is 2.03 bits per heavy atom. The summed E-state index contributed by atoms with van der Waals surface area (Å²) in [6.07, 6.45) is 4.44. The van der Waals surface area contributed by atoms with E-state index in [-0.39, 0.29) is 12.4 Å². The Labute approximate surface area is 203 Å². The van der Waals surface area contributed by atoms with E-state index in [1.807, 2.05) is 16.7 Å². The number of benzene rings is 1. The van der Waals surface area contributed by atoms with Crippen LogP contribution in [0, 0.1) is 0 Å². The zero-order valence-corrected chi connectivity index (χ0v) is 20.3. The van der Waals surface area contributed by atoms with E-state index in [1.165, 1.54) is 32.2 Å². The largest absolute Gasteiger partial charge is 0.493 e. The molecule has 4 rings (SSSR count). The number of hydrogen-bond donors (Lipinski definition) is 1. The number of aliphatic hydroxyl groups excluding tert-OH is 1. The van der Waals surface area contributed by atoms with Gasteiger partial charge in [0.15, 0.2) is 22.4 Å². The number of anilines is 1. The Bertz CT molecular complexity index is 1080. The number of carbonyl (C=O) groups excluding carboxylic acids is 1. The lowest BCUT2D eigenvalue weighted by Gasteiger charge is -2.27. The fourth-order valence-corrected chi connectivity index (χ4v) is 4.66. The standard InChI is InChI=1S/C24H30N4O5S/c1-17(29)18-8-9-21(22(13-18)31-2)33-15-19(30)16-34-24-26-25-23(27-10-4-3-5-11-27)28(24)14-20-7-6-12-32-20/h6-9,12-13,19,30H,3-5,10-11,14-16H2,1-2H3. The number of aliphatic hydroxyl groups is 1. The average molecular weight is 487 g/mol. The van der Waals surface area contributed by atoms with Crippen LogP contribution >= 0.6 is 11.8 Å². The second-order valence-corrected chi connectivity index (χ2v) is 9.18. The highest BCUT2D eigenvalue weighted by molar-refractivity contribution is 7.99. The Balaban J connectivity index is 1.39. The number of methoxy groups -OCH3 is 1. The molecule has 3 aromatic rings. The van der Waals surface area contributed by atoms with E-state index in [2.05, 4.69) is 15.1 Å². The first-order valence-corrected chi connectivity index (χ1v) is 12.4. The van der Waals surface area contributed by atoms with Crippen molar-refractivity contribution in [1.82, 2.24) is 14.8 Å². The Morgan fingerprint density at radius 3 is 2.74 bits per heavy atom. The third-order valence-electron chi connectivity index (χ3n) is 5.64. The van der Waals surface area contributed by atoms with Crippen LogP contribution < -0.4 is 14.4 Å². The molecule has 1 unspecified atom stereocenters. The fourth-order valence-electron chi connectivity index (χ4n) is 3.82. The Kier molecular flexibility index (Phi) is 8.12. The van der Waals surface area contributed by atoms with Crippen molar-refractivity contribution in [2.75, 3.05) is 37.5 Å². The highest BCUT2D eigenvalue weighted by Crippen LogP contribution is 2.29. The minimum atomic E-state index is -0.741. The monoisotopic (exact) mass is 486 g/mol. The first kappa shape index (κ1) is 24.2. The van der Waals surface area contributed by atoms with E-state index in [9.17, 15) is 9.90 Å². The van der Waals surface area contributed by atoms with Crippen LogP contribution in [0.15, 0.2) is 46.2 Å². The predicted octanol–water partition coefficient (Wildman–Crippen LogP) is 3.65. The molecule has 1 aliphatic heterocycles. The van der Waals surface area contributed by atoms with Gasteiger partial charge in [0.25, 0.3) is 0 Å². The molecule has 0 amide bonds. The van der Waals surface area contributed by atoms with Crippen LogP contribution in [0.4, 0.5) is 5.95 Å². The van der Waals surface area contributed by atoms with Crippen molar-refractivity contribution in [2.24, 2.45) is 0 Å². The van der Waals surface area contributed by atoms with Gasteiger partial charge in [0, 0.05) is 24.4 Å². The first-order valence-electron chi connectivity index (χ1n) is 11.4. The Morgan fingerprint density at radius 1 is 1.21 bits per heavy atom. The summed E-state index contributed by atoms with van der Waals surface area (Å²) >= 11 is 1.43. The molecule has 182 valence electrons. The van der Waals surface area contributed by atoms with Gasteiger partial charge in [0.1, 0.15) is 12.4 Å². The summed E-state index contributed by atoms with van der Waals surface area (Å²) in [6.45, 7) is 4.02. The van der Waals surface area contributed by atoms with E-state index in [4.69, 9.17) is 13.9 Å². The van der Waals surface area contributed by atoms with Crippen LogP contribution in [0.3, 0.4) is 0 Å². The van der Waals surface area contributed by atoms with Gasteiger partial charge in [-0.1, -0.05) is 11.8 Å². The number of ether oxygens (including phenoxy) is 2. The number of nitrogens with zero attached hydrogens (tertiary/aromatic N) is 4. The number of thioether (sulfide) groups is 1. The molecular formula is C24H30N4O5S. The zero-order chi connectivity index (χ0) is 23.9. The van der Waals surface area contributed by atoms with Gasteiger partial charge in [-0.2, -0.15) is 0 Å². The van der Waals surface area contributed by atoms with Crippen LogP contribution in [0.25, 0.3) is 0 Å². The molecule has 0 aliphatic carbocycles. The van der Waals surface area contributed by atoms with Gasteiger partial charge in [-0.15, -0.1) is 10.2 Å². The summed E-state index contributed by atoms with van der Waals surface area (Å²) in [5.74, 6) is 2.92. The molecule has 2 aromatic heterocycles. The molecule has 1 aromatic carbocycles. The van der Waals surface area contributed by atoms with Crippen LogP contribution in [0.5, 0.6) is 11.5 Å². The minimum Gasteiger partial charge on any atom is -0.493 e. The van der Waals surface area contributed by atoms with Crippen LogP contribution in [-0.2, 0) is 6.54 Å². The fraction of sp³-hybridized carbons (Fsp3) is 0.458. The highest BCUT2D eigenvalue weighted by Gasteiger charge is 2.22. The molecule has 9 nitrogen and oxygen atoms in total. The number of carbonyl (C=O) groups is 1. The van der Waals surface area contributed by atoms with Crippen molar-refractivity contribution < 1.29 is 23.8 Å². The van der Waals surface area contributed by atoms with E-state index >= 15 is 0 Å². The highest BCUT2D eigenvalue weighted by atomic mass is 32.2. The van der Waals surface area contributed by atoms with Crippen LogP contribution in [0.1, 0.15) is 42.3 Å². The van der Waals surface area contributed by atoms with Gasteiger partial charge in [0.05, 0.1) is 26.0 Å². The number of furan rings is 1. The lowest BCUT2D eigenvalue weighted by Crippen LogP contribution is -2.32. The van der Waals surface area contributed by atoms with Crippen LogP contribution in [-0.4, -0.2) is 64.3 Å². The maximum absolute atomic E-state index is 11.6. The quantitative estimate of drug-likeness (QED) is 0.321. The molecular weight excluding hydrogens is 456 g/mol. The van der Waals surface area contributed by atoms with E-state index < -0.39 is 6.10 Å². The van der Waals surface area contributed by atoms with Gasteiger partial charge in [0.2, 0.25) is 5.95 Å². The second kappa shape index (κ2) is 11.4. The second-order valence-electron chi connectivity index (χ2n) is 8.19. The summed E-state index contributed by atoms with van der Waals surface area (Å²) in [6, 6.07) is 8.80. The molecule has 0 bridgehead atoms. The average Bonchev–Trinajstić information content (AvgIpc) is 3.52. The molecule has 0 radical (unpaired) electrons.